The third-order valence-corrected chi connectivity index (χ3v) is 4.38. The molecule has 0 aromatic heterocycles. The molecule has 1 aromatic carbocycles. The van der Waals surface area contributed by atoms with Gasteiger partial charge in [0.1, 0.15) is 0 Å². The van der Waals surface area contributed by atoms with Crippen molar-refractivity contribution in [1.29, 1.82) is 0 Å². The number of carbonyl (C=O) groups excluding carboxylic acids is 1. The van der Waals surface area contributed by atoms with Crippen LogP contribution >= 0.6 is 0 Å². The molecule has 3 rings (SSSR count). The zero-order valence-electron chi connectivity index (χ0n) is 10.4. The smallest absolute Gasteiger partial charge is 0.235 e. The molecular weight excluding hydrogens is 212 g/mol. The van der Waals surface area contributed by atoms with Crippen LogP contribution in [0.25, 0.3) is 0 Å². The fourth-order valence-electron chi connectivity index (χ4n) is 3.08. The highest BCUT2D eigenvalue weighted by Gasteiger charge is 2.47. The second-order valence-corrected chi connectivity index (χ2v) is 5.22. The van der Waals surface area contributed by atoms with Crippen molar-refractivity contribution in [2.75, 3.05) is 18.4 Å². The molecule has 0 atom stereocenters. The first-order valence-corrected chi connectivity index (χ1v) is 6.28. The minimum Gasteiger partial charge on any atom is -0.325 e. The van der Waals surface area contributed by atoms with E-state index in [-0.39, 0.29) is 11.3 Å². The van der Waals surface area contributed by atoms with Crippen LogP contribution in [0.4, 0.5) is 5.69 Å². The second kappa shape index (κ2) is 3.57. The lowest BCUT2D eigenvalue weighted by Crippen LogP contribution is -2.44. The van der Waals surface area contributed by atoms with Crippen molar-refractivity contribution in [2.24, 2.45) is 0 Å². The molecule has 0 unspecified atom stereocenters. The van der Waals surface area contributed by atoms with E-state index < -0.39 is 0 Å². The number of benzene rings is 1. The number of nitrogens with one attached hydrogen (secondary N) is 2. The predicted molar refractivity (Wildman–Crippen MR) is 68.3 cm³/mol. The van der Waals surface area contributed by atoms with E-state index in [1.54, 1.807) is 0 Å². The molecule has 3 nitrogen and oxygen atoms in total. The van der Waals surface area contributed by atoms with Crippen LogP contribution in [-0.4, -0.2) is 19.0 Å². The molecule has 0 aliphatic carbocycles. The maximum atomic E-state index is 12.3. The van der Waals surface area contributed by atoms with Crippen molar-refractivity contribution in [3.63, 3.8) is 0 Å². The van der Waals surface area contributed by atoms with Crippen molar-refractivity contribution in [2.45, 2.75) is 32.1 Å². The normalized spacial score (nSPS) is 21.4. The van der Waals surface area contributed by atoms with E-state index in [0.29, 0.717) is 0 Å². The number of fused-ring (bicyclic) bond motifs is 2. The number of rotatable bonds is 0. The van der Waals surface area contributed by atoms with E-state index >= 15 is 0 Å². The lowest BCUT2D eigenvalue weighted by molar-refractivity contribution is -0.121. The van der Waals surface area contributed by atoms with Gasteiger partial charge in [-0.3, -0.25) is 4.79 Å². The molecule has 2 heterocycles. The molecule has 1 amide bonds. The number of amides is 1. The van der Waals surface area contributed by atoms with Gasteiger partial charge in [-0.2, -0.15) is 0 Å². The van der Waals surface area contributed by atoms with Crippen molar-refractivity contribution >= 4 is 11.6 Å². The van der Waals surface area contributed by atoms with Crippen LogP contribution in [-0.2, 0) is 10.2 Å². The van der Waals surface area contributed by atoms with Crippen molar-refractivity contribution < 1.29 is 4.79 Å². The number of carbonyl (C=O) groups is 1. The number of aryl methyl sites for hydroxylation is 1. The first kappa shape index (κ1) is 10.8. The zero-order valence-corrected chi connectivity index (χ0v) is 10.4. The SMILES string of the molecule is Cc1ccc2c(c1C)NC(=O)C21CCNCC1. The van der Waals surface area contributed by atoms with Crippen LogP contribution in [0, 0.1) is 13.8 Å². The zero-order chi connectivity index (χ0) is 12.0. The lowest BCUT2D eigenvalue weighted by atomic mass is 9.73. The minimum absolute atomic E-state index is 0.197. The van der Waals surface area contributed by atoms with Crippen molar-refractivity contribution in [3.05, 3.63) is 28.8 Å². The summed E-state index contributed by atoms with van der Waals surface area (Å²) in [5, 5.41) is 6.43. The quantitative estimate of drug-likeness (QED) is 0.714. The van der Waals surface area contributed by atoms with E-state index in [1.165, 1.54) is 16.7 Å². The highest BCUT2D eigenvalue weighted by Crippen LogP contribution is 2.45. The van der Waals surface area contributed by atoms with E-state index in [2.05, 4.69) is 36.6 Å². The molecule has 1 fully saturated rings. The van der Waals surface area contributed by atoms with Crippen molar-refractivity contribution in [1.82, 2.24) is 5.32 Å². The topological polar surface area (TPSA) is 41.1 Å². The molecule has 1 spiro atoms. The van der Waals surface area contributed by atoms with Crippen LogP contribution in [0.2, 0.25) is 0 Å². The van der Waals surface area contributed by atoms with Crippen LogP contribution in [0.3, 0.4) is 0 Å². The Labute approximate surface area is 102 Å². The Morgan fingerprint density at radius 1 is 1.18 bits per heavy atom. The summed E-state index contributed by atoms with van der Waals surface area (Å²) in [6, 6.07) is 4.28. The molecule has 2 N–H and O–H groups in total. The summed E-state index contributed by atoms with van der Waals surface area (Å²) in [5.74, 6) is 0.197. The largest absolute Gasteiger partial charge is 0.325 e. The van der Waals surface area contributed by atoms with E-state index in [4.69, 9.17) is 0 Å². The molecular formula is C14H18N2O. The first-order valence-electron chi connectivity index (χ1n) is 6.28. The van der Waals surface area contributed by atoms with Gasteiger partial charge in [-0.1, -0.05) is 12.1 Å². The highest BCUT2D eigenvalue weighted by atomic mass is 16.2. The standard InChI is InChI=1S/C14H18N2O/c1-9-3-4-11-12(10(9)2)16-13(17)14(11)5-7-15-8-6-14/h3-4,15H,5-8H2,1-2H3,(H,16,17). The fraction of sp³-hybridized carbons (Fsp3) is 0.500. The number of hydrogen-bond donors (Lipinski definition) is 2. The maximum absolute atomic E-state index is 12.3. The Kier molecular flexibility index (Phi) is 2.26. The van der Waals surface area contributed by atoms with Gasteiger partial charge in [-0.15, -0.1) is 0 Å². The number of anilines is 1. The van der Waals surface area contributed by atoms with Gasteiger partial charge in [0.2, 0.25) is 5.91 Å². The van der Waals surface area contributed by atoms with Crippen LogP contribution in [0.1, 0.15) is 29.5 Å². The highest BCUT2D eigenvalue weighted by molar-refractivity contribution is 6.07. The predicted octanol–water partition coefficient (Wildman–Crippen LogP) is 1.88. The fourth-order valence-corrected chi connectivity index (χ4v) is 3.08. The summed E-state index contributed by atoms with van der Waals surface area (Å²) < 4.78 is 0. The summed E-state index contributed by atoms with van der Waals surface area (Å²) in [7, 11) is 0. The summed E-state index contributed by atoms with van der Waals surface area (Å²) in [6.45, 7) is 6.04. The maximum Gasteiger partial charge on any atom is 0.235 e. The summed E-state index contributed by atoms with van der Waals surface area (Å²) in [4.78, 5) is 12.3. The molecule has 17 heavy (non-hydrogen) atoms. The van der Waals surface area contributed by atoms with Crippen LogP contribution in [0.5, 0.6) is 0 Å². The second-order valence-electron chi connectivity index (χ2n) is 5.22. The number of piperidine rings is 1. The van der Waals surface area contributed by atoms with Crippen LogP contribution in [0.15, 0.2) is 12.1 Å². The van der Waals surface area contributed by atoms with E-state index in [1.807, 2.05) is 0 Å². The Morgan fingerprint density at radius 3 is 2.59 bits per heavy atom. The van der Waals surface area contributed by atoms with Gasteiger partial charge in [0, 0.05) is 5.69 Å². The average Bonchev–Trinajstić information content (AvgIpc) is 2.60. The van der Waals surface area contributed by atoms with Gasteiger partial charge in [0.25, 0.3) is 0 Å². The summed E-state index contributed by atoms with van der Waals surface area (Å²) in [5.41, 5.74) is 4.48. The number of hydrogen-bond acceptors (Lipinski definition) is 2. The molecule has 0 bridgehead atoms. The summed E-state index contributed by atoms with van der Waals surface area (Å²) in [6.07, 6.45) is 1.82. The average molecular weight is 230 g/mol. The molecule has 0 saturated carbocycles. The molecule has 2 aliphatic heterocycles. The van der Waals surface area contributed by atoms with Crippen molar-refractivity contribution in [3.8, 4) is 0 Å². The van der Waals surface area contributed by atoms with Gasteiger partial charge in [-0.05, 0) is 56.5 Å². The Bertz CT molecular complexity index is 487. The molecule has 1 saturated heterocycles. The Hall–Kier alpha value is -1.35. The first-order chi connectivity index (χ1) is 8.15. The monoisotopic (exact) mass is 230 g/mol. The third kappa shape index (κ3) is 1.35. The molecule has 3 heteroatoms. The van der Waals surface area contributed by atoms with Gasteiger partial charge in [0.15, 0.2) is 0 Å². The van der Waals surface area contributed by atoms with Crippen LogP contribution < -0.4 is 10.6 Å². The molecule has 2 aliphatic rings. The minimum atomic E-state index is -0.265. The van der Waals surface area contributed by atoms with Gasteiger partial charge >= 0.3 is 0 Å². The van der Waals surface area contributed by atoms with Gasteiger partial charge in [0.05, 0.1) is 5.41 Å². The van der Waals surface area contributed by atoms with Gasteiger partial charge < -0.3 is 10.6 Å². The van der Waals surface area contributed by atoms with E-state index in [9.17, 15) is 4.79 Å². The van der Waals surface area contributed by atoms with E-state index in [0.717, 1.165) is 31.6 Å². The Morgan fingerprint density at radius 2 is 1.88 bits per heavy atom. The lowest BCUT2D eigenvalue weighted by Gasteiger charge is -2.32. The Balaban J connectivity index is 2.16. The molecule has 90 valence electrons. The van der Waals surface area contributed by atoms with Gasteiger partial charge in [-0.25, -0.2) is 0 Å². The third-order valence-electron chi connectivity index (χ3n) is 4.38. The molecule has 1 aromatic rings. The molecule has 0 radical (unpaired) electrons. The summed E-state index contributed by atoms with van der Waals surface area (Å²) >= 11 is 0.